The number of amides is 1. The minimum absolute atomic E-state index is 0.167. The Balaban J connectivity index is 0. The average Bonchev–Trinajstić information content (AvgIpc) is 2.35. The Labute approximate surface area is 102 Å². The number of carbonyl (C=O) groups excluding carboxylic acids is 1. The van der Waals surface area contributed by atoms with Gasteiger partial charge in [-0.15, -0.1) is 11.8 Å². The second kappa shape index (κ2) is 10.4. The molecule has 0 aromatic heterocycles. The van der Waals surface area contributed by atoms with E-state index in [0.717, 1.165) is 6.07 Å². The summed E-state index contributed by atoms with van der Waals surface area (Å²) in [5, 5.41) is 17.7. The molecule has 0 aliphatic carbocycles. The fraction of sp³-hybridized carbons (Fsp3) is 0.308. The maximum Gasteiger partial charge on any atom is 0.248 e. The van der Waals surface area contributed by atoms with E-state index in [1.807, 2.05) is 27.7 Å². The van der Waals surface area contributed by atoms with Gasteiger partial charge in [-0.25, -0.2) is 0 Å². The molecule has 0 atom stereocenters. The summed E-state index contributed by atoms with van der Waals surface area (Å²) in [5.74, 6) is 4.11. The fourth-order valence-corrected chi connectivity index (χ4v) is 0.677. The summed E-state index contributed by atoms with van der Waals surface area (Å²) in [6, 6.07) is 3.64. The second-order valence-corrected chi connectivity index (χ2v) is 2.57. The molecule has 1 amide bonds. The quantitative estimate of drug-likeness (QED) is 0.517. The Morgan fingerprint density at radius 2 is 1.59 bits per heavy atom. The van der Waals surface area contributed by atoms with Crippen molar-refractivity contribution in [2.24, 2.45) is 5.73 Å². The highest BCUT2D eigenvalue weighted by atomic mass is 16.3. The van der Waals surface area contributed by atoms with Crippen molar-refractivity contribution in [3.8, 4) is 23.3 Å². The molecule has 0 saturated carbocycles. The third kappa shape index (κ3) is 7.74. The van der Waals surface area contributed by atoms with Gasteiger partial charge in [-0.1, -0.05) is 13.8 Å². The van der Waals surface area contributed by atoms with Gasteiger partial charge >= 0.3 is 0 Å². The normalized spacial score (nSPS) is 7.29. The van der Waals surface area contributed by atoms with E-state index in [9.17, 15) is 4.79 Å². The van der Waals surface area contributed by atoms with Crippen LogP contribution in [0.15, 0.2) is 18.2 Å². The first-order chi connectivity index (χ1) is 8.02. The zero-order valence-electron chi connectivity index (χ0n) is 10.6. The van der Waals surface area contributed by atoms with E-state index in [1.54, 1.807) is 0 Å². The SMILES string of the molecule is CC.CC#CC.NC(=O)c1ccc(O)c(O)c1. The molecule has 0 saturated heterocycles. The molecule has 17 heavy (non-hydrogen) atoms. The van der Waals surface area contributed by atoms with Gasteiger partial charge in [-0.2, -0.15) is 0 Å². The van der Waals surface area contributed by atoms with Gasteiger partial charge in [0.2, 0.25) is 5.91 Å². The number of rotatable bonds is 1. The molecule has 1 aromatic rings. The van der Waals surface area contributed by atoms with E-state index in [1.165, 1.54) is 12.1 Å². The van der Waals surface area contributed by atoms with Crippen molar-refractivity contribution >= 4 is 5.91 Å². The smallest absolute Gasteiger partial charge is 0.248 e. The van der Waals surface area contributed by atoms with Gasteiger partial charge in [0, 0.05) is 5.56 Å². The summed E-state index contributed by atoms with van der Waals surface area (Å²) in [6.45, 7) is 7.64. The standard InChI is InChI=1S/C7H7NO3.C4H6.C2H6/c8-7(11)4-1-2-5(9)6(10)3-4;1-3-4-2;1-2/h1-3,9-10H,(H2,8,11);1-2H3;1-2H3. The molecule has 0 aliphatic heterocycles. The number of phenolic OH excluding ortho intramolecular Hbond substituents is 2. The lowest BCUT2D eigenvalue weighted by molar-refractivity contribution is 0.1000. The first-order valence-corrected chi connectivity index (χ1v) is 5.18. The van der Waals surface area contributed by atoms with Crippen molar-refractivity contribution in [3.05, 3.63) is 23.8 Å². The number of hydrogen-bond donors (Lipinski definition) is 3. The molecule has 0 bridgehead atoms. The number of hydrogen-bond acceptors (Lipinski definition) is 3. The van der Waals surface area contributed by atoms with Gasteiger partial charge in [0.05, 0.1) is 0 Å². The monoisotopic (exact) mass is 237 g/mol. The van der Waals surface area contributed by atoms with Crippen molar-refractivity contribution in [1.82, 2.24) is 0 Å². The van der Waals surface area contributed by atoms with Crippen LogP contribution < -0.4 is 5.73 Å². The maximum absolute atomic E-state index is 10.5. The minimum atomic E-state index is -0.639. The number of nitrogens with two attached hydrogens (primary N) is 1. The predicted octanol–water partition coefficient (Wildman–Crippen LogP) is 2.25. The molecule has 4 nitrogen and oxygen atoms in total. The Hall–Kier alpha value is -2.15. The van der Waals surface area contributed by atoms with Crippen LogP contribution in [0.5, 0.6) is 11.5 Å². The van der Waals surface area contributed by atoms with Gasteiger partial charge in [0.25, 0.3) is 0 Å². The van der Waals surface area contributed by atoms with Crippen LogP contribution in [0.25, 0.3) is 0 Å². The lowest BCUT2D eigenvalue weighted by atomic mass is 10.2. The van der Waals surface area contributed by atoms with Crippen molar-refractivity contribution in [3.63, 3.8) is 0 Å². The highest BCUT2D eigenvalue weighted by Gasteiger charge is 2.03. The number of phenols is 2. The molecule has 0 heterocycles. The van der Waals surface area contributed by atoms with Crippen molar-refractivity contribution in [1.29, 1.82) is 0 Å². The van der Waals surface area contributed by atoms with Gasteiger partial charge in [0.15, 0.2) is 11.5 Å². The lowest BCUT2D eigenvalue weighted by Crippen LogP contribution is -2.10. The lowest BCUT2D eigenvalue weighted by Gasteiger charge is -1.98. The van der Waals surface area contributed by atoms with Crippen molar-refractivity contribution < 1.29 is 15.0 Å². The molecular formula is C13H19NO3. The minimum Gasteiger partial charge on any atom is -0.504 e. The van der Waals surface area contributed by atoms with Crippen molar-refractivity contribution in [2.75, 3.05) is 0 Å². The first-order valence-electron chi connectivity index (χ1n) is 5.18. The predicted molar refractivity (Wildman–Crippen MR) is 68.8 cm³/mol. The summed E-state index contributed by atoms with van der Waals surface area (Å²) in [7, 11) is 0. The molecular weight excluding hydrogens is 218 g/mol. The topological polar surface area (TPSA) is 83.6 Å². The van der Waals surface area contributed by atoms with E-state index < -0.39 is 5.91 Å². The summed E-state index contributed by atoms with van der Waals surface area (Å²) in [4.78, 5) is 10.5. The summed E-state index contributed by atoms with van der Waals surface area (Å²) in [6.07, 6.45) is 0. The van der Waals surface area contributed by atoms with Crippen LogP contribution in [-0.4, -0.2) is 16.1 Å². The van der Waals surface area contributed by atoms with Gasteiger partial charge in [0.1, 0.15) is 0 Å². The number of benzene rings is 1. The second-order valence-electron chi connectivity index (χ2n) is 2.57. The summed E-state index contributed by atoms with van der Waals surface area (Å²) in [5.41, 5.74) is 5.07. The van der Waals surface area contributed by atoms with Gasteiger partial charge in [-0.05, 0) is 32.0 Å². The zero-order valence-corrected chi connectivity index (χ0v) is 10.6. The van der Waals surface area contributed by atoms with Crippen LogP contribution in [0, 0.1) is 11.8 Å². The van der Waals surface area contributed by atoms with Crippen LogP contribution in [0.1, 0.15) is 38.1 Å². The largest absolute Gasteiger partial charge is 0.504 e. The average molecular weight is 237 g/mol. The van der Waals surface area contributed by atoms with Gasteiger partial charge in [-0.3, -0.25) is 4.79 Å². The van der Waals surface area contributed by atoms with E-state index in [0.29, 0.717) is 0 Å². The van der Waals surface area contributed by atoms with Crippen molar-refractivity contribution in [2.45, 2.75) is 27.7 Å². The molecule has 0 radical (unpaired) electrons. The molecule has 1 rings (SSSR count). The summed E-state index contributed by atoms with van der Waals surface area (Å²) < 4.78 is 0. The van der Waals surface area contributed by atoms with Crippen LogP contribution in [0.3, 0.4) is 0 Å². The molecule has 0 fully saturated rings. The van der Waals surface area contributed by atoms with Crippen LogP contribution in [0.4, 0.5) is 0 Å². The molecule has 4 heteroatoms. The Morgan fingerprint density at radius 3 is 1.88 bits per heavy atom. The van der Waals surface area contributed by atoms with E-state index in [-0.39, 0.29) is 17.1 Å². The van der Waals surface area contributed by atoms with Crippen LogP contribution >= 0.6 is 0 Å². The number of aromatic hydroxyl groups is 2. The Kier molecular flexibility index (Phi) is 10.5. The molecule has 4 N–H and O–H groups in total. The third-order valence-corrected chi connectivity index (χ3v) is 1.51. The molecule has 0 unspecified atom stereocenters. The highest BCUT2D eigenvalue weighted by molar-refractivity contribution is 5.93. The molecule has 0 aliphatic rings. The molecule has 1 aromatic carbocycles. The van der Waals surface area contributed by atoms with E-state index in [2.05, 4.69) is 11.8 Å². The van der Waals surface area contributed by atoms with E-state index in [4.69, 9.17) is 15.9 Å². The Bertz CT molecular complexity index is 397. The van der Waals surface area contributed by atoms with Crippen LogP contribution in [-0.2, 0) is 0 Å². The maximum atomic E-state index is 10.5. The van der Waals surface area contributed by atoms with Crippen LogP contribution in [0.2, 0.25) is 0 Å². The third-order valence-electron chi connectivity index (χ3n) is 1.51. The summed E-state index contributed by atoms with van der Waals surface area (Å²) >= 11 is 0. The zero-order chi connectivity index (χ0) is 13.8. The molecule has 0 spiro atoms. The van der Waals surface area contributed by atoms with E-state index >= 15 is 0 Å². The Morgan fingerprint density at radius 1 is 1.12 bits per heavy atom. The van der Waals surface area contributed by atoms with Gasteiger partial charge < -0.3 is 15.9 Å². The molecule has 94 valence electrons. The number of carbonyl (C=O) groups is 1. The number of primary amides is 1. The highest BCUT2D eigenvalue weighted by Crippen LogP contribution is 2.24. The first kappa shape index (κ1) is 17.3. The fourth-order valence-electron chi connectivity index (χ4n) is 0.677.